The molecule has 1 atom stereocenters. The number of carbonyl (C=O) groups is 2. The van der Waals surface area contributed by atoms with Crippen LogP contribution in [0.4, 0.5) is 0 Å². The Labute approximate surface area is 187 Å². The normalized spacial score (nSPS) is 18.7. The summed E-state index contributed by atoms with van der Waals surface area (Å²) < 4.78 is 1.71. The van der Waals surface area contributed by atoms with E-state index in [1.165, 1.54) is 0 Å². The summed E-state index contributed by atoms with van der Waals surface area (Å²) in [4.78, 5) is 35.0. The van der Waals surface area contributed by atoms with Crippen LogP contribution in [0.25, 0.3) is 17.1 Å². The van der Waals surface area contributed by atoms with Crippen LogP contribution >= 0.6 is 0 Å². The number of likely N-dealkylation sites (tertiary alicyclic amines) is 2. The standard InChI is InChI=1S/C25H27N5O2/c31-24(28-16-9-10-17-28)21-15-7-8-18-29(21)25(32)22-26-23(19-11-3-1-4-12-19)30(27-22)20-13-5-2-6-14-20/h1-6,11-14,21H,7-10,15-18H2. The molecule has 164 valence electrons. The fourth-order valence-corrected chi connectivity index (χ4v) is 4.63. The van der Waals surface area contributed by atoms with E-state index in [4.69, 9.17) is 0 Å². The van der Waals surface area contributed by atoms with Crippen molar-refractivity contribution in [1.82, 2.24) is 24.6 Å². The summed E-state index contributed by atoms with van der Waals surface area (Å²) in [6.45, 7) is 2.14. The van der Waals surface area contributed by atoms with Gasteiger partial charge < -0.3 is 9.80 Å². The minimum atomic E-state index is -0.418. The maximum absolute atomic E-state index is 13.6. The first-order chi connectivity index (χ1) is 15.7. The Morgan fingerprint density at radius 3 is 2.19 bits per heavy atom. The maximum Gasteiger partial charge on any atom is 0.294 e. The molecule has 0 N–H and O–H groups in total. The zero-order valence-electron chi connectivity index (χ0n) is 18.1. The molecule has 5 rings (SSSR count). The molecule has 0 radical (unpaired) electrons. The number of hydrogen-bond acceptors (Lipinski definition) is 4. The number of para-hydroxylation sites is 1. The van der Waals surface area contributed by atoms with E-state index in [1.807, 2.05) is 65.6 Å². The van der Waals surface area contributed by atoms with Crippen molar-refractivity contribution < 1.29 is 9.59 Å². The van der Waals surface area contributed by atoms with Crippen molar-refractivity contribution in [2.75, 3.05) is 19.6 Å². The van der Waals surface area contributed by atoms with Gasteiger partial charge in [-0.05, 0) is 44.2 Å². The van der Waals surface area contributed by atoms with E-state index < -0.39 is 6.04 Å². The molecule has 7 nitrogen and oxygen atoms in total. The molecule has 2 fully saturated rings. The van der Waals surface area contributed by atoms with E-state index >= 15 is 0 Å². The molecule has 2 aliphatic heterocycles. The highest BCUT2D eigenvalue weighted by Crippen LogP contribution is 2.25. The highest BCUT2D eigenvalue weighted by molar-refractivity contribution is 5.95. The van der Waals surface area contributed by atoms with Crippen molar-refractivity contribution in [3.05, 3.63) is 66.5 Å². The quantitative estimate of drug-likeness (QED) is 0.636. The molecule has 0 aliphatic carbocycles. The molecule has 0 bridgehead atoms. The van der Waals surface area contributed by atoms with Gasteiger partial charge in [0.15, 0.2) is 5.82 Å². The minimum Gasteiger partial charge on any atom is -0.341 e. The first kappa shape index (κ1) is 20.4. The molecule has 3 heterocycles. The second-order valence-electron chi connectivity index (χ2n) is 8.41. The molecule has 2 amide bonds. The molecule has 0 saturated carbocycles. The number of aromatic nitrogens is 3. The first-order valence-electron chi connectivity index (χ1n) is 11.4. The van der Waals surface area contributed by atoms with E-state index in [2.05, 4.69) is 10.1 Å². The Morgan fingerprint density at radius 2 is 1.47 bits per heavy atom. The average Bonchev–Trinajstić information content (AvgIpc) is 3.55. The second kappa shape index (κ2) is 8.94. The predicted molar refractivity (Wildman–Crippen MR) is 121 cm³/mol. The third-order valence-corrected chi connectivity index (χ3v) is 6.30. The molecule has 7 heteroatoms. The number of benzene rings is 2. The Balaban J connectivity index is 1.50. The molecule has 2 saturated heterocycles. The van der Waals surface area contributed by atoms with Crippen molar-refractivity contribution >= 4 is 11.8 Å². The van der Waals surface area contributed by atoms with Crippen LogP contribution in [0.15, 0.2) is 60.7 Å². The molecule has 1 aromatic heterocycles. The fraction of sp³-hybridized carbons (Fsp3) is 0.360. The lowest BCUT2D eigenvalue weighted by Crippen LogP contribution is -2.52. The zero-order valence-corrected chi connectivity index (χ0v) is 18.1. The van der Waals surface area contributed by atoms with E-state index in [1.54, 1.807) is 9.58 Å². The third-order valence-electron chi connectivity index (χ3n) is 6.30. The number of amides is 2. The van der Waals surface area contributed by atoms with Crippen molar-refractivity contribution in [3.8, 4) is 17.1 Å². The molecular formula is C25H27N5O2. The van der Waals surface area contributed by atoms with Crippen LogP contribution in [0.1, 0.15) is 42.7 Å². The number of rotatable bonds is 4. The van der Waals surface area contributed by atoms with Crippen molar-refractivity contribution in [1.29, 1.82) is 0 Å². The first-order valence-corrected chi connectivity index (χ1v) is 11.4. The smallest absolute Gasteiger partial charge is 0.294 e. The average molecular weight is 430 g/mol. The van der Waals surface area contributed by atoms with Crippen LogP contribution < -0.4 is 0 Å². The van der Waals surface area contributed by atoms with Crippen molar-refractivity contribution in [3.63, 3.8) is 0 Å². The second-order valence-corrected chi connectivity index (χ2v) is 8.41. The number of nitrogens with zero attached hydrogens (tertiary/aromatic N) is 5. The van der Waals surface area contributed by atoms with Crippen molar-refractivity contribution in [2.24, 2.45) is 0 Å². The summed E-state index contributed by atoms with van der Waals surface area (Å²) in [5.74, 6) is 0.545. The van der Waals surface area contributed by atoms with Crippen LogP contribution in [0.2, 0.25) is 0 Å². The maximum atomic E-state index is 13.6. The van der Waals surface area contributed by atoms with E-state index in [-0.39, 0.29) is 17.6 Å². The zero-order chi connectivity index (χ0) is 21.9. The number of piperidine rings is 1. The van der Waals surface area contributed by atoms with Gasteiger partial charge in [0, 0.05) is 25.2 Å². The lowest BCUT2D eigenvalue weighted by atomic mass is 10.0. The van der Waals surface area contributed by atoms with Gasteiger partial charge in [-0.3, -0.25) is 9.59 Å². The fourth-order valence-electron chi connectivity index (χ4n) is 4.63. The van der Waals surface area contributed by atoms with Gasteiger partial charge in [-0.2, -0.15) is 0 Å². The summed E-state index contributed by atoms with van der Waals surface area (Å²) in [6.07, 6.45) is 4.62. The highest BCUT2D eigenvalue weighted by Gasteiger charge is 2.37. The van der Waals surface area contributed by atoms with E-state index in [0.29, 0.717) is 18.8 Å². The summed E-state index contributed by atoms with van der Waals surface area (Å²) in [6, 6.07) is 19.0. The van der Waals surface area contributed by atoms with Gasteiger partial charge >= 0.3 is 0 Å². The summed E-state index contributed by atoms with van der Waals surface area (Å²) in [5.41, 5.74) is 1.72. The Bertz CT molecular complexity index is 1030. The summed E-state index contributed by atoms with van der Waals surface area (Å²) >= 11 is 0. The molecule has 0 spiro atoms. The Kier molecular flexibility index (Phi) is 5.71. The van der Waals surface area contributed by atoms with E-state index in [0.717, 1.165) is 50.0 Å². The molecule has 1 unspecified atom stereocenters. The summed E-state index contributed by atoms with van der Waals surface area (Å²) in [7, 11) is 0. The van der Waals surface area contributed by atoms with Gasteiger partial charge in [0.2, 0.25) is 11.7 Å². The van der Waals surface area contributed by atoms with Crippen LogP contribution in [0, 0.1) is 0 Å². The van der Waals surface area contributed by atoms with Crippen LogP contribution in [-0.4, -0.2) is 62.1 Å². The van der Waals surface area contributed by atoms with E-state index in [9.17, 15) is 9.59 Å². The molecule has 3 aromatic rings. The molecule has 32 heavy (non-hydrogen) atoms. The Morgan fingerprint density at radius 1 is 0.812 bits per heavy atom. The number of hydrogen-bond donors (Lipinski definition) is 0. The van der Waals surface area contributed by atoms with Gasteiger partial charge in [0.25, 0.3) is 5.91 Å². The van der Waals surface area contributed by atoms with Crippen LogP contribution in [0.3, 0.4) is 0 Å². The lowest BCUT2D eigenvalue weighted by Gasteiger charge is -2.36. The third kappa shape index (κ3) is 3.90. The van der Waals surface area contributed by atoms with Gasteiger partial charge in [-0.1, -0.05) is 48.5 Å². The highest BCUT2D eigenvalue weighted by atomic mass is 16.2. The predicted octanol–water partition coefficient (Wildman–Crippen LogP) is 3.55. The SMILES string of the molecule is O=C(C1CCCCN1C(=O)c1nc(-c2ccccc2)n(-c2ccccc2)n1)N1CCCC1. The van der Waals surface area contributed by atoms with Crippen LogP contribution in [0.5, 0.6) is 0 Å². The summed E-state index contributed by atoms with van der Waals surface area (Å²) in [5, 5.41) is 4.61. The number of carbonyl (C=O) groups excluding carboxylic acids is 2. The largest absolute Gasteiger partial charge is 0.341 e. The van der Waals surface area contributed by atoms with Gasteiger partial charge in [-0.25, -0.2) is 9.67 Å². The van der Waals surface area contributed by atoms with Gasteiger partial charge in [-0.15, -0.1) is 5.10 Å². The molecule has 2 aliphatic rings. The Hall–Kier alpha value is -3.48. The topological polar surface area (TPSA) is 71.3 Å². The van der Waals surface area contributed by atoms with Gasteiger partial charge in [0.05, 0.1) is 5.69 Å². The molecule has 2 aromatic carbocycles. The monoisotopic (exact) mass is 429 g/mol. The lowest BCUT2D eigenvalue weighted by molar-refractivity contribution is -0.136. The molecular weight excluding hydrogens is 402 g/mol. The minimum absolute atomic E-state index is 0.0707. The van der Waals surface area contributed by atoms with Crippen molar-refractivity contribution in [2.45, 2.75) is 38.1 Å². The van der Waals surface area contributed by atoms with Crippen LogP contribution in [-0.2, 0) is 4.79 Å². The van der Waals surface area contributed by atoms with Gasteiger partial charge in [0.1, 0.15) is 6.04 Å².